The molecule has 0 saturated carbocycles. The van der Waals surface area contributed by atoms with Gasteiger partial charge in [-0.1, -0.05) is 0 Å². The van der Waals surface area contributed by atoms with Crippen LogP contribution in [0.15, 0.2) is 12.4 Å². The second-order valence-electron chi connectivity index (χ2n) is 6.80. The quantitative estimate of drug-likeness (QED) is 0.831. The van der Waals surface area contributed by atoms with Gasteiger partial charge in [-0.3, -0.25) is 19.3 Å². The molecule has 1 atom stereocenters. The lowest BCUT2D eigenvalue weighted by Crippen LogP contribution is -2.45. The number of hydrogen-bond donors (Lipinski definition) is 0. The maximum atomic E-state index is 12.7. The molecule has 23 heavy (non-hydrogen) atoms. The van der Waals surface area contributed by atoms with Crippen LogP contribution in [0.3, 0.4) is 0 Å². The number of likely N-dealkylation sites (N-methyl/N-ethyl adjacent to an activating group) is 1. The van der Waals surface area contributed by atoms with Crippen molar-refractivity contribution in [1.29, 1.82) is 0 Å². The van der Waals surface area contributed by atoms with Crippen molar-refractivity contribution in [2.75, 3.05) is 39.8 Å². The molecule has 1 unspecified atom stereocenters. The lowest BCUT2D eigenvalue weighted by atomic mass is 10.2. The minimum atomic E-state index is 0.115. The summed E-state index contributed by atoms with van der Waals surface area (Å²) in [5.74, 6) is 0.339. The van der Waals surface area contributed by atoms with Crippen LogP contribution in [0.2, 0.25) is 0 Å². The molecule has 0 aliphatic carbocycles. The van der Waals surface area contributed by atoms with E-state index in [0.717, 1.165) is 65.1 Å². The normalized spacial score (nSPS) is 24.1. The first kappa shape index (κ1) is 16.5. The third-order valence-corrected chi connectivity index (χ3v) is 5.12. The van der Waals surface area contributed by atoms with Gasteiger partial charge in [-0.2, -0.15) is 5.10 Å². The summed E-state index contributed by atoms with van der Waals surface area (Å²) < 4.78 is 1.97. The van der Waals surface area contributed by atoms with Crippen molar-refractivity contribution in [3.05, 3.63) is 18.0 Å². The van der Waals surface area contributed by atoms with Gasteiger partial charge in [0.2, 0.25) is 5.91 Å². The third-order valence-electron chi connectivity index (χ3n) is 5.12. The third kappa shape index (κ3) is 3.93. The Balaban J connectivity index is 1.53. The molecule has 1 aromatic rings. The average Bonchev–Trinajstić information content (AvgIpc) is 3.11. The van der Waals surface area contributed by atoms with Gasteiger partial charge in [0, 0.05) is 51.0 Å². The van der Waals surface area contributed by atoms with Gasteiger partial charge < -0.3 is 4.90 Å². The average molecular weight is 319 g/mol. The molecule has 0 spiro atoms. The van der Waals surface area contributed by atoms with E-state index in [1.807, 2.05) is 10.9 Å². The summed E-state index contributed by atoms with van der Waals surface area (Å²) in [6.07, 6.45) is 7.32. The summed E-state index contributed by atoms with van der Waals surface area (Å²) in [5, 5.41) is 4.35. The first-order valence-corrected chi connectivity index (χ1v) is 8.90. The molecule has 3 rings (SSSR count). The van der Waals surface area contributed by atoms with Crippen LogP contribution in [0, 0.1) is 0 Å². The summed E-state index contributed by atoms with van der Waals surface area (Å²) in [4.78, 5) is 19.5. The Morgan fingerprint density at radius 1 is 1.22 bits per heavy atom. The summed E-state index contributed by atoms with van der Waals surface area (Å²) in [5.41, 5.74) is 1.27. The molecule has 1 amide bonds. The minimum absolute atomic E-state index is 0.115. The number of aryl methyl sites for hydroxylation is 1. The molecule has 2 aliphatic rings. The van der Waals surface area contributed by atoms with Gasteiger partial charge in [-0.15, -0.1) is 0 Å². The monoisotopic (exact) mass is 319 g/mol. The highest BCUT2D eigenvalue weighted by Crippen LogP contribution is 2.18. The molecule has 6 heteroatoms. The first-order valence-electron chi connectivity index (χ1n) is 8.90. The second kappa shape index (κ2) is 7.45. The molecule has 2 fully saturated rings. The maximum absolute atomic E-state index is 12.7. The number of aromatic nitrogens is 2. The Kier molecular flexibility index (Phi) is 5.33. The fraction of sp³-hybridized carbons (Fsp3) is 0.765. The van der Waals surface area contributed by atoms with E-state index in [2.05, 4.69) is 40.0 Å². The Hall–Kier alpha value is -1.40. The van der Waals surface area contributed by atoms with Gasteiger partial charge in [0.25, 0.3) is 0 Å². The predicted molar refractivity (Wildman–Crippen MR) is 90.0 cm³/mol. The fourth-order valence-electron chi connectivity index (χ4n) is 3.70. The molecule has 128 valence electrons. The first-order chi connectivity index (χ1) is 11.2. The maximum Gasteiger partial charge on any atom is 0.239 e. The van der Waals surface area contributed by atoms with Crippen molar-refractivity contribution < 1.29 is 4.79 Å². The van der Waals surface area contributed by atoms with Gasteiger partial charge in [-0.25, -0.2) is 0 Å². The molecule has 0 N–H and O–H groups in total. The van der Waals surface area contributed by atoms with Crippen LogP contribution in [0.1, 0.15) is 31.7 Å². The van der Waals surface area contributed by atoms with E-state index < -0.39 is 0 Å². The number of nitrogens with zero attached hydrogens (tertiary/aromatic N) is 5. The Bertz CT molecular complexity index is 529. The summed E-state index contributed by atoms with van der Waals surface area (Å²) in [7, 11) is 2.07. The van der Waals surface area contributed by atoms with Gasteiger partial charge in [0.05, 0.1) is 12.2 Å². The van der Waals surface area contributed by atoms with Gasteiger partial charge >= 0.3 is 0 Å². The van der Waals surface area contributed by atoms with E-state index >= 15 is 0 Å². The van der Waals surface area contributed by atoms with Crippen LogP contribution in [0.5, 0.6) is 0 Å². The zero-order valence-electron chi connectivity index (χ0n) is 14.4. The van der Waals surface area contributed by atoms with Crippen LogP contribution >= 0.6 is 0 Å². The van der Waals surface area contributed by atoms with Crippen LogP contribution in [0.25, 0.3) is 0 Å². The smallest absolute Gasteiger partial charge is 0.239 e. The van der Waals surface area contributed by atoms with E-state index in [1.54, 1.807) is 0 Å². The summed E-state index contributed by atoms with van der Waals surface area (Å²) in [6.45, 7) is 8.77. The number of amides is 1. The fourth-order valence-corrected chi connectivity index (χ4v) is 3.70. The van der Waals surface area contributed by atoms with Crippen molar-refractivity contribution in [3.8, 4) is 0 Å². The van der Waals surface area contributed by atoms with E-state index in [9.17, 15) is 4.79 Å². The Labute approximate surface area is 139 Å². The van der Waals surface area contributed by atoms with Crippen molar-refractivity contribution in [1.82, 2.24) is 24.5 Å². The van der Waals surface area contributed by atoms with Crippen molar-refractivity contribution in [2.45, 2.75) is 45.3 Å². The Morgan fingerprint density at radius 2 is 2.09 bits per heavy atom. The number of carbonyl (C=O) groups excluding carboxylic acids is 1. The standard InChI is InChI=1S/C17H29N5O/c1-3-22-14-15(12-18-22)13-20-8-5-9-21(11-10-20)17(23)16-6-4-7-19(16)2/h12,14,16H,3-11,13H2,1-2H3. The molecule has 1 aromatic heterocycles. The van der Waals surface area contributed by atoms with Gasteiger partial charge in [0.15, 0.2) is 0 Å². The largest absolute Gasteiger partial charge is 0.340 e. The lowest BCUT2D eigenvalue weighted by molar-refractivity contribution is -0.135. The topological polar surface area (TPSA) is 44.6 Å². The van der Waals surface area contributed by atoms with Crippen LogP contribution < -0.4 is 0 Å². The molecule has 2 aliphatic heterocycles. The highest BCUT2D eigenvalue weighted by molar-refractivity contribution is 5.82. The molecular weight excluding hydrogens is 290 g/mol. The second-order valence-corrected chi connectivity index (χ2v) is 6.80. The van der Waals surface area contributed by atoms with E-state index in [1.165, 1.54) is 5.56 Å². The molecule has 6 nitrogen and oxygen atoms in total. The van der Waals surface area contributed by atoms with Crippen molar-refractivity contribution in [2.24, 2.45) is 0 Å². The van der Waals surface area contributed by atoms with E-state index in [4.69, 9.17) is 0 Å². The minimum Gasteiger partial charge on any atom is -0.340 e. The summed E-state index contributed by atoms with van der Waals surface area (Å²) >= 11 is 0. The number of rotatable bonds is 4. The zero-order valence-corrected chi connectivity index (χ0v) is 14.4. The predicted octanol–water partition coefficient (Wildman–Crippen LogP) is 1.03. The van der Waals surface area contributed by atoms with E-state index in [0.29, 0.717) is 5.91 Å². The number of carbonyl (C=O) groups is 1. The van der Waals surface area contributed by atoms with Crippen molar-refractivity contribution >= 4 is 5.91 Å². The van der Waals surface area contributed by atoms with Crippen LogP contribution in [0.4, 0.5) is 0 Å². The number of hydrogen-bond acceptors (Lipinski definition) is 4. The molecule has 0 radical (unpaired) electrons. The molecule has 0 bridgehead atoms. The number of likely N-dealkylation sites (tertiary alicyclic amines) is 1. The van der Waals surface area contributed by atoms with Crippen LogP contribution in [-0.4, -0.2) is 76.2 Å². The molecule has 2 saturated heterocycles. The van der Waals surface area contributed by atoms with Crippen molar-refractivity contribution in [3.63, 3.8) is 0 Å². The molecule has 3 heterocycles. The van der Waals surface area contributed by atoms with Gasteiger partial charge in [-0.05, 0) is 39.8 Å². The highest BCUT2D eigenvalue weighted by Gasteiger charge is 2.32. The summed E-state index contributed by atoms with van der Waals surface area (Å²) in [6, 6.07) is 0.115. The van der Waals surface area contributed by atoms with Gasteiger partial charge in [0.1, 0.15) is 0 Å². The molecular formula is C17H29N5O. The van der Waals surface area contributed by atoms with E-state index in [-0.39, 0.29) is 6.04 Å². The van der Waals surface area contributed by atoms with Crippen LogP contribution in [-0.2, 0) is 17.9 Å². The zero-order chi connectivity index (χ0) is 16.2. The SMILES string of the molecule is CCn1cc(CN2CCCN(C(=O)C3CCCN3C)CC2)cn1. The highest BCUT2D eigenvalue weighted by atomic mass is 16.2. The molecule has 0 aromatic carbocycles. The Morgan fingerprint density at radius 3 is 2.78 bits per heavy atom. The lowest BCUT2D eigenvalue weighted by Gasteiger charge is -2.27.